The van der Waals surface area contributed by atoms with Gasteiger partial charge in [-0.3, -0.25) is 4.79 Å². The first-order chi connectivity index (χ1) is 14.7. The molecule has 0 saturated heterocycles. The number of methoxy groups -OCH3 is 3. The summed E-state index contributed by atoms with van der Waals surface area (Å²) in [7, 11) is 4.54. The third-order valence-electron chi connectivity index (χ3n) is 4.51. The number of carbonyl (C=O) groups excluding carboxylic acids is 1. The Kier molecular flexibility index (Phi) is 7.67. The number of rotatable bonds is 11. The zero-order chi connectivity index (χ0) is 21.3. The standard InChI is InChI=1S/C21H25N3O5S/c1-26-15-11-10-14(18(27-2)19(15)28-3)21(25)22-12-6-4-5-9-17-23-20(24-29-17)16-8-7-13-30-16/h7-8,10-11,13H,4-6,9,12H2,1-3H3,(H,22,25). The van der Waals surface area contributed by atoms with Crippen LogP contribution in [0.1, 0.15) is 35.5 Å². The summed E-state index contributed by atoms with van der Waals surface area (Å²) in [4.78, 5) is 18.0. The first-order valence-electron chi connectivity index (χ1n) is 9.61. The Morgan fingerprint density at radius 3 is 2.60 bits per heavy atom. The topological polar surface area (TPSA) is 95.7 Å². The van der Waals surface area contributed by atoms with Gasteiger partial charge in [-0.25, -0.2) is 0 Å². The number of benzene rings is 1. The lowest BCUT2D eigenvalue weighted by molar-refractivity contribution is 0.0949. The molecular formula is C21H25N3O5S. The van der Waals surface area contributed by atoms with E-state index < -0.39 is 0 Å². The number of amides is 1. The van der Waals surface area contributed by atoms with Crippen molar-refractivity contribution >= 4 is 17.2 Å². The molecule has 1 amide bonds. The van der Waals surface area contributed by atoms with Crippen LogP contribution in [0.15, 0.2) is 34.2 Å². The molecule has 1 N–H and O–H groups in total. The summed E-state index contributed by atoms with van der Waals surface area (Å²) in [5.74, 6) is 2.31. The third-order valence-corrected chi connectivity index (χ3v) is 5.38. The summed E-state index contributed by atoms with van der Waals surface area (Å²) in [6.45, 7) is 0.556. The van der Waals surface area contributed by atoms with Gasteiger partial charge in [-0.05, 0) is 36.4 Å². The van der Waals surface area contributed by atoms with Crippen molar-refractivity contribution in [3.05, 3.63) is 41.1 Å². The Balaban J connectivity index is 1.43. The van der Waals surface area contributed by atoms with Gasteiger partial charge in [0.1, 0.15) is 0 Å². The molecule has 160 valence electrons. The highest BCUT2D eigenvalue weighted by Gasteiger charge is 2.20. The Morgan fingerprint density at radius 2 is 1.90 bits per heavy atom. The smallest absolute Gasteiger partial charge is 0.255 e. The molecular weight excluding hydrogens is 406 g/mol. The van der Waals surface area contributed by atoms with Crippen LogP contribution in [-0.2, 0) is 6.42 Å². The summed E-state index contributed by atoms with van der Waals surface area (Å²) < 4.78 is 21.2. The summed E-state index contributed by atoms with van der Waals surface area (Å²) in [6, 6.07) is 7.28. The molecule has 0 unspecified atom stereocenters. The normalized spacial score (nSPS) is 10.6. The molecule has 2 aromatic heterocycles. The highest BCUT2D eigenvalue weighted by atomic mass is 32.1. The van der Waals surface area contributed by atoms with Crippen molar-refractivity contribution in [3.8, 4) is 28.0 Å². The minimum absolute atomic E-state index is 0.217. The van der Waals surface area contributed by atoms with Gasteiger partial charge in [0.05, 0.1) is 31.8 Å². The van der Waals surface area contributed by atoms with Gasteiger partial charge < -0.3 is 24.1 Å². The molecule has 0 saturated carbocycles. The monoisotopic (exact) mass is 431 g/mol. The molecule has 0 fully saturated rings. The van der Waals surface area contributed by atoms with Crippen LogP contribution in [-0.4, -0.2) is 43.9 Å². The van der Waals surface area contributed by atoms with Crippen LogP contribution in [0.25, 0.3) is 10.7 Å². The van der Waals surface area contributed by atoms with Crippen LogP contribution in [0.4, 0.5) is 0 Å². The number of aromatic nitrogens is 2. The maximum atomic E-state index is 12.5. The van der Waals surface area contributed by atoms with Crippen LogP contribution in [0, 0.1) is 0 Å². The Morgan fingerprint density at radius 1 is 1.07 bits per heavy atom. The van der Waals surface area contributed by atoms with Crippen molar-refractivity contribution in [3.63, 3.8) is 0 Å². The Hall–Kier alpha value is -3.07. The number of hydrogen-bond donors (Lipinski definition) is 1. The van der Waals surface area contributed by atoms with Gasteiger partial charge in [-0.15, -0.1) is 11.3 Å². The molecule has 1 aromatic carbocycles. The van der Waals surface area contributed by atoms with E-state index in [4.69, 9.17) is 18.7 Å². The molecule has 0 aliphatic heterocycles. The van der Waals surface area contributed by atoms with Gasteiger partial charge in [0.25, 0.3) is 5.91 Å². The summed E-state index contributed by atoms with van der Waals surface area (Å²) >= 11 is 1.58. The molecule has 0 bridgehead atoms. The molecule has 0 spiro atoms. The first kappa shape index (κ1) is 21.6. The van der Waals surface area contributed by atoms with E-state index in [1.54, 1.807) is 23.5 Å². The lowest BCUT2D eigenvalue weighted by Crippen LogP contribution is -2.25. The third kappa shape index (κ3) is 5.10. The lowest BCUT2D eigenvalue weighted by Gasteiger charge is -2.15. The van der Waals surface area contributed by atoms with Gasteiger partial charge in [0.2, 0.25) is 17.5 Å². The fraction of sp³-hybridized carbons (Fsp3) is 0.381. The molecule has 0 aliphatic rings. The second kappa shape index (κ2) is 10.6. The molecule has 0 aliphatic carbocycles. The van der Waals surface area contributed by atoms with E-state index in [9.17, 15) is 4.79 Å². The van der Waals surface area contributed by atoms with Crippen LogP contribution in [0.3, 0.4) is 0 Å². The molecule has 3 aromatic rings. The average molecular weight is 432 g/mol. The Bertz CT molecular complexity index is 956. The number of nitrogens with zero attached hydrogens (tertiary/aromatic N) is 2. The van der Waals surface area contributed by atoms with Crippen LogP contribution in [0.2, 0.25) is 0 Å². The van der Waals surface area contributed by atoms with Gasteiger partial charge in [-0.2, -0.15) is 4.98 Å². The number of carbonyl (C=O) groups is 1. The number of aryl methyl sites for hydroxylation is 1. The SMILES string of the molecule is COc1ccc(C(=O)NCCCCCc2nc(-c3cccs3)no2)c(OC)c1OC. The zero-order valence-corrected chi connectivity index (χ0v) is 18.1. The second-order valence-corrected chi connectivity index (χ2v) is 7.39. The van der Waals surface area contributed by atoms with E-state index >= 15 is 0 Å². The van der Waals surface area contributed by atoms with Crippen LogP contribution >= 0.6 is 11.3 Å². The summed E-state index contributed by atoms with van der Waals surface area (Å²) in [5, 5.41) is 8.91. The minimum Gasteiger partial charge on any atom is -0.493 e. The largest absolute Gasteiger partial charge is 0.493 e. The first-order valence-corrected chi connectivity index (χ1v) is 10.5. The van der Waals surface area contributed by atoms with Crippen molar-refractivity contribution in [2.24, 2.45) is 0 Å². The highest BCUT2D eigenvalue weighted by Crippen LogP contribution is 2.39. The quantitative estimate of drug-likeness (QED) is 0.459. The number of unbranched alkanes of at least 4 members (excludes halogenated alkanes) is 2. The molecule has 30 heavy (non-hydrogen) atoms. The Labute approximate surface area is 179 Å². The van der Waals surface area contributed by atoms with Crippen molar-refractivity contribution in [1.29, 1.82) is 0 Å². The molecule has 0 radical (unpaired) electrons. The van der Waals surface area contributed by atoms with E-state index in [2.05, 4.69) is 15.5 Å². The molecule has 0 atom stereocenters. The molecule has 2 heterocycles. The van der Waals surface area contributed by atoms with Crippen LogP contribution < -0.4 is 19.5 Å². The summed E-state index contributed by atoms with van der Waals surface area (Å²) in [5.41, 5.74) is 0.405. The van der Waals surface area contributed by atoms with Gasteiger partial charge in [0.15, 0.2) is 11.5 Å². The molecule has 8 nitrogen and oxygen atoms in total. The van der Waals surface area contributed by atoms with E-state index in [-0.39, 0.29) is 5.91 Å². The van der Waals surface area contributed by atoms with E-state index in [0.29, 0.717) is 41.1 Å². The van der Waals surface area contributed by atoms with E-state index in [1.807, 2.05) is 17.5 Å². The predicted molar refractivity (Wildman–Crippen MR) is 114 cm³/mol. The number of nitrogens with one attached hydrogen (secondary N) is 1. The number of hydrogen-bond acceptors (Lipinski definition) is 8. The van der Waals surface area contributed by atoms with E-state index in [0.717, 1.165) is 30.6 Å². The van der Waals surface area contributed by atoms with Crippen molar-refractivity contribution in [2.45, 2.75) is 25.7 Å². The fourth-order valence-corrected chi connectivity index (χ4v) is 3.67. The molecule has 3 rings (SSSR count). The number of ether oxygens (including phenoxy) is 3. The summed E-state index contributed by atoms with van der Waals surface area (Å²) in [6.07, 6.45) is 3.39. The molecule has 9 heteroatoms. The maximum Gasteiger partial charge on any atom is 0.255 e. The number of thiophene rings is 1. The van der Waals surface area contributed by atoms with Gasteiger partial charge in [0, 0.05) is 13.0 Å². The minimum atomic E-state index is -0.217. The highest BCUT2D eigenvalue weighted by molar-refractivity contribution is 7.13. The van der Waals surface area contributed by atoms with Crippen molar-refractivity contribution in [1.82, 2.24) is 15.5 Å². The maximum absolute atomic E-state index is 12.5. The van der Waals surface area contributed by atoms with Gasteiger partial charge >= 0.3 is 0 Å². The average Bonchev–Trinajstić information content (AvgIpc) is 3.46. The van der Waals surface area contributed by atoms with Crippen molar-refractivity contribution in [2.75, 3.05) is 27.9 Å². The lowest BCUT2D eigenvalue weighted by atomic mass is 10.1. The second-order valence-electron chi connectivity index (χ2n) is 6.44. The van der Waals surface area contributed by atoms with Crippen molar-refractivity contribution < 1.29 is 23.5 Å². The van der Waals surface area contributed by atoms with E-state index in [1.165, 1.54) is 21.3 Å². The fourth-order valence-electron chi connectivity index (χ4n) is 3.02. The van der Waals surface area contributed by atoms with Gasteiger partial charge in [-0.1, -0.05) is 17.6 Å². The van der Waals surface area contributed by atoms with Crippen LogP contribution in [0.5, 0.6) is 17.2 Å². The zero-order valence-electron chi connectivity index (χ0n) is 17.3. The predicted octanol–water partition coefficient (Wildman–Crippen LogP) is 3.97.